The summed E-state index contributed by atoms with van der Waals surface area (Å²) in [6.07, 6.45) is 5.97. The Balaban J connectivity index is -0.000000268. The molecule has 0 radical (unpaired) electrons. The van der Waals surface area contributed by atoms with Crippen LogP contribution in [0.3, 0.4) is 0 Å². The van der Waals surface area contributed by atoms with E-state index in [9.17, 15) is 0 Å². The highest BCUT2D eigenvalue weighted by Crippen LogP contribution is 2.16. The van der Waals surface area contributed by atoms with Crippen LogP contribution in [0.4, 0.5) is 0 Å². The Hall–Kier alpha value is 0.300. The molecule has 0 atom stereocenters. The first-order valence-corrected chi connectivity index (χ1v) is 9.13. The summed E-state index contributed by atoms with van der Waals surface area (Å²) in [7, 11) is 2.14. The largest absolute Gasteiger partial charge is 0.396 e. The first-order chi connectivity index (χ1) is 11.3. The standard InChI is InChI=1S/C6H12N2.C4H9N.C3H8N2.C3H8O2.2ClH.H2/c1-3-7-5-2-6-8(7)4-1;1-5-3-2-4-5;1-2-4-5-3-1;4-2-1-3-5;;;/h1-6H2;2-4H2,1H3;2*4-5H,1-3H2;3*1H. The molecule has 4 aliphatic heterocycles. The van der Waals surface area contributed by atoms with Gasteiger partial charge in [0.25, 0.3) is 0 Å². The summed E-state index contributed by atoms with van der Waals surface area (Å²) in [5.74, 6) is 0. The Labute approximate surface area is 167 Å². The minimum atomic E-state index is 0. The fraction of sp³-hybridized carbons (Fsp3) is 1.00. The van der Waals surface area contributed by atoms with Crippen molar-refractivity contribution >= 4 is 24.8 Å². The molecular weight excluding hydrogens is 365 g/mol. The summed E-state index contributed by atoms with van der Waals surface area (Å²) in [5, 5.41) is 20.8. The molecule has 0 aromatic rings. The molecule has 156 valence electrons. The number of hydrogen-bond acceptors (Lipinski definition) is 7. The third-order valence-electron chi connectivity index (χ3n) is 4.19. The van der Waals surface area contributed by atoms with Crippen LogP contribution in [-0.2, 0) is 0 Å². The molecule has 0 amide bonds. The van der Waals surface area contributed by atoms with Crippen molar-refractivity contribution in [2.45, 2.75) is 32.1 Å². The van der Waals surface area contributed by atoms with Gasteiger partial charge >= 0.3 is 0 Å². The van der Waals surface area contributed by atoms with Gasteiger partial charge in [0, 0.05) is 53.9 Å². The molecule has 4 fully saturated rings. The number of likely N-dealkylation sites (tertiary alicyclic amines) is 1. The number of fused-ring (bicyclic) bond motifs is 1. The van der Waals surface area contributed by atoms with E-state index in [1.807, 2.05) is 0 Å². The lowest BCUT2D eigenvalue weighted by Gasteiger charge is -2.24. The van der Waals surface area contributed by atoms with Crippen LogP contribution in [0, 0.1) is 0 Å². The molecule has 4 heterocycles. The monoisotopic (exact) mass is 405 g/mol. The molecule has 0 aromatic heterocycles. The summed E-state index contributed by atoms with van der Waals surface area (Å²) >= 11 is 0. The maximum absolute atomic E-state index is 7.91. The molecule has 0 bridgehead atoms. The molecule has 9 heteroatoms. The molecule has 7 nitrogen and oxygen atoms in total. The van der Waals surface area contributed by atoms with E-state index in [4.69, 9.17) is 10.2 Å². The summed E-state index contributed by atoms with van der Waals surface area (Å²) in [6.45, 7) is 10.4. The van der Waals surface area contributed by atoms with Gasteiger partial charge in [-0.2, -0.15) is 0 Å². The van der Waals surface area contributed by atoms with Crippen molar-refractivity contribution in [2.75, 3.05) is 72.6 Å². The second kappa shape index (κ2) is 19.1. The second-order valence-corrected chi connectivity index (χ2v) is 6.28. The van der Waals surface area contributed by atoms with E-state index in [2.05, 4.69) is 32.8 Å². The molecular formula is C16H41Cl2N5O2. The zero-order chi connectivity index (χ0) is 16.8. The van der Waals surface area contributed by atoms with Crippen LogP contribution in [0.2, 0.25) is 0 Å². The zero-order valence-electron chi connectivity index (χ0n) is 15.7. The Kier molecular flexibility index (Phi) is 21.0. The van der Waals surface area contributed by atoms with E-state index >= 15 is 0 Å². The molecule has 4 rings (SSSR count). The van der Waals surface area contributed by atoms with Crippen molar-refractivity contribution < 1.29 is 11.6 Å². The molecule has 0 spiro atoms. The topological polar surface area (TPSA) is 74.2 Å². The smallest absolute Gasteiger partial charge is 0.0452 e. The van der Waals surface area contributed by atoms with E-state index < -0.39 is 0 Å². The van der Waals surface area contributed by atoms with E-state index in [0.29, 0.717) is 6.42 Å². The molecule has 0 saturated carbocycles. The summed E-state index contributed by atoms with van der Waals surface area (Å²) in [4.78, 5) is 2.31. The zero-order valence-corrected chi connectivity index (χ0v) is 17.3. The molecule has 25 heavy (non-hydrogen) atoms. The molecule has 0 unspecified atom stereocenters. The predicted molar refractivity (Wildman–Crippen MR) is 111 cm³/mol. The second-order valence-electron chi connectivity index (χ2n) is 6.28. The van der Waals surface area contributed by atoms with Crippen molar-refractivity contribution in [3.8, 4) is 0 Å². The van der Waals surface area contributed by atoms with E-state index in [1.54, 1.807) is 0 Å². The van der Waals surface area contributed by atoms with Crippen LogP contribution >= 0.6 is 24.8 Å². The number of rotatable bonds is 2. The minimum Gasteiger partial charge on any atom is -0.396 e. The number of hydrogen-bond donors (Lipinski definition) is 4. The highest BCUT2D eigenvalue weighted by Gasteiger charge is 2.25. The van der Waals surface area contributed by atoms with Crippen LogP contribution in [0.25, 0.3) is 0 Å². The summed E-state index contributed by atoms with van der Waals surface area (Å²) < 4.78 is 0. The van der Waals surface area contributed by atoms with Gasteiger partial charge in [-0.3, -0.25) is 10.9 Å². The lowest BCUT2D eigenvalue weighted by Crippen LogP contribution is -2.32. The van der Waals surface area contributed by atoms with Crippen LogP contribution in [0.1, 0.15) is 33.5 Å². The molecule has 4 N–H and O–H groups in total. The van der Waals surface area contributed by atoms with Gasteiger partial charge in [-0.15, -0.1) is 24.8 Å². The van der Waals surface area contributed by atoms with E-state index in [-0.39, 0.29) is 39.5 Å². The maximum atomic E-state index is 7.91. The summed E-state index contributed by atoms with van der Waals surface area (Å²) in [6, 6.07) is 0. The SMILES string of the molecule is C1CN2CCCN2C1.C1CNNC1.CN1CCC1.Cl.Cl.OCCCO.[HH]. The molecule has 4 aliphatic rings. The van der Waals surface area contributed by atoms with E-state index in [1.165, 1.54) is 65.0 Å². The lowest BCUT2D eigenvalue weighted by molar-refractivity contribution is 0.0894. The van der Waals surface area contributed by atoms with Crippen LogP contribution in [-0.4, -0.2) is 97.8 Å². The van der Waals surface area contributed by atoms with Crippen LogP contribution in [0.15, 0.2) is 0 Å². The minimum absolute atomic E-state index is 0. The Morgan fingerprint density at radius 3 is 1.24 bits per heavy atom. The first kappa shape index (κ1) is 27.5. The maximum Gasteiger partial charge on any atom is 0.0452 e. The number of nitrogens with zero attached hydrogens (tertiary/aromatic N) is 3. The van der Waals surface area contributed by atoms with Gasteiger partial charge in [0.15, 0.2) is 0 Å². The molecule has 0 aliphatic carbocycles. The number of aliphatic hydroxyl groups is 2. The van der Waals surface area contributed by atoms with Crippen molar-refractivity contribution in [1.29, 1.82) is 0 Å². The van der Waals surface area contributed by atoms with Crippen LogP contribution in [0.5, 0.6) is 0 Å². The number of aliphatic hydroxyl groups excluding tert-OH is 2. The summed E-state index contributed by atoms with van der Waals surface area (Å²) in [5.41, 5.74) is 5.94. The van der Waals surface area contributed by atoms with Gasteiger partial charge in [-0.1, -0.05) is 0 Å². The van der Waals surface area contributed by atoms with Gasteiger partial charge in [0.2, 0.25) is 0 Å². The Morgan fingerprint density at radius 2 is 1.08 bits per heavy atom. The molecule has 0 aromatic carbocycles. The van der Waals surface area contributed by atoms with Crippen molar-refractivity contribution in [3.63, 3.8) is 0 Å². The van der Waals surface area contributed by atoms with Gasteiger partial charge in [-0.05, 0) is 52.2 Å². The third-order valence-corrected chi connectivity index (χ3v) is 4.19. The number of halogens is 2. The fourth-order valence-corrected chi connectivity index (χ4v) is 2.65. The predicted octanol–water partition coefficient (Wildman–Crippen LogP) is 0.570. The van der Waals surface area contributed by atoms with Crippen molar-refractivity contribution in [3.05, 3.63) is 0 Å². The fourth-order valence-electron chi connectivity index (χ4n) is 2.65. The van der Waals surface area contributed by atoms with Crippen LogP contribution < -0.4 is 10.9 Å². The lowest BCUT2D eigenvalue weighted by atomic mass is 10.3. The highest BCUT2D eigenvalue weighted by atomic mass is 35.5. The molecule has 4 saturated heterocycles. The number of hydrazine groups is 2. The highest BCUT2D eigenvalue weighted by molar-refractivity contribution is 5.85. The third kappa shape index (κ3) is 14.1. The number of nitrogens with one attached hydrogen (secondary N) is 2. The average Bonchev–Trinajstić information content (AvgIpc) is 3.26. The van der Waals surface area contributed by atoms with Crippen molar-refractivity contribution in [2.24, 2.45) is 0 Å². The first-order valence-electron chi connectivity index (χ1n) is 9.13. The van der Waals surface area contributed by atoms with Gasteiger partial charge < -0.3 is 15.1 Å². The Bertz CT molecular complexity index is 249. The van der Waals surface area contributed by atoms with Gasteiger partial charge in [0.05, 0.1) is 0 Å². The normalized spacial score (nSPS) is 21.7. The van der Waals surface area contributed by atoms with E-state index in [0.717, 1.165) is 13.1 Å². The quantitative estimate of drug-likeness (QED) is 0.534. The van der Waals surface area contributed by atoms with Gasteiger partial charge in [-0.25, -0.2) is 10.0 Å². The Morgan fingerprint density at radius 1 is 0.720 bits per heavy atom. The van der Waals surface area contributed by atoms with Crippen molar-refractivity contribution in [1.82, 2.24) is 25.8 Å². The van der Waals surface area contributed by atoms with Gasteiger partial charge in [0.1, 0.15) is 0 Å². The average molecular weight is 406 g/mol.